The number of cyclic esters (lactones) is 1. The Balaban J connectivity index is 0.000000354. The lowest BCUT2D eigenvalue weighted by atomic mass is 9.81. The van der Waals surface area contributed by atoms with Crippen molar-refractivity contribution >= 4 is 28.3 Å². The van der Waals surface area contributed by atoms with Crippen molar-refractivity contribution in [1.82, 2.24) is 0 Å². The number of aliphatic hydroxyl groups excluding tert-OH is 4. The molecule has 0 unspecified atom stereocenters. The van der Waals surface area contributed by atoms with Gasteiger partial charge in [-0.3, -0.25) is 9.59 Å². The first-order valence-electron chi connectivity index (χ1n) is 16.0. The van der Waals surface area contributed by atoms with Crippen LogP contribution in [0, 0.1) is 0 Å². The van der Waals surface area contributed by atoms with Crippen LogP contribution < -0.4 is 14.9 Å². The van der Waals surface area contributed by atoms with Gasteiger partial charge in [0.1, 0.15) is 57.3 Å². The van der Waals surface area contributed by atoms with E-state index in [9.17, 15) is 34.8 Å². The predicted octanol–water partition coefficient (Wildman–Crippen LogP) is 4.38. The molecule has 0 fully saturated rings. The zero-order valence-corrected chi connectivity index (χ0v) is 28.4. The Morgan fingerprint density at radius 1 is 0.815 bits per heavy atom. The minimum atomic E-state index is -1.42. The zero-order chi connectivity index (χ0) is 39.0. The molecule has 1 aliphatic carbocycles. The van der Waals surface area contributed by atoms with Gasteiger partial charge in [0.15, 0.2) is 23.1 Å². The minimum absolute atomic E-state index is 0.00307. The number of phenols is 4. The van der Waals surface area contributed by atoms with E-state index >= 15 is 0 Å². The van der Waals surface area contributed by atoms with Crippen LogP contribution in [0.15, 0.2) is 93.5 Å². The van der Waals surface area contributed by atoms with Gasteiger partial charge in [-0.15, -0.1) is 0 Å². The number of carbonyl (C=O) groups excluding carboxylic acids is 2. The van der Waals surface area contributed by atoms with Gasteiger partial charge in [0.05, 0.1) is 26.4 Å². The van der Waals surface area contributed by atoms with E-state index in [-0.39, 0.29) is 57.3 Å². The highest BCUT2D eigenvalue weighted by atomic mass is 16.6. The van der Waals surface area contributed by atoms with Gasteiger partial charge in [-0.1, -0.05) is 12.1 Å². The molecular formula is C39H32O15. The van der Waals surface area contributed by atoms with Gasteiger partial charge in [-0.05, 0) is 59.5 Å². The molecule has 0 radical (unpaired) electrons. The molecule has 7 rings (SSSR count). The third-order valence-corrected chi connectivity index (χ3v) is 8.77. The summed E-state index contributed by atoms with van der Waals surface area (Å²) in [5.74, 6) is -3.32. The van der Waals surface area contributed by atoms with E-state index in [2.05, 4.69) is 4.74 Å². The Hall–Kier alpha value is -6.97. The molecule has 54 heavy (non-hydrogen) atoms. The number of ether oxygens (including phenoxy) is 3. The molecule has 278 valence electrons. The number of rotatable bonds is 7. The van der Waals surface area contributed by atoms with Gasteiger partial charge in [-0.2, -0.15) is 0 Å². The molecule has 1 aliphatic heterocycles. The first kappa shape index (κ1) is 36.8. The van der Waals surface area contributed by atoms with E-state index in [1.807, 2.05) is 0 Å². The van der Waals surface area contributed by atoms with Crippen LogP contribution in [0.4, 0.5) is 0 Å². The van der Waals surface area contributed by atoms with Crippen molar-refractivity contribution in [2.45, 2.75) is 18.6 Å². The maximum atomic E-state index is 13.3. The van der Waals surface area contributed by atoms with E-state index < -0.39 is 47.5 Å². The lowest BCUT2D eigenvalue weighted by Crippen LogP contribution is -2.31. The number of ketones is 1. The average molecular weight is 741 g/mol. The Morgan fingerprint density at radius 2 is 1.56 bits per heavy atom. The fraction of sp³-hybridized carbons (Fsp3) is 0.154. The van der Waals surface area contributed by atoms with E-state index in [0.717, 1.165) is 6.07 Å². The molecule has 2 aliphatic rings. The van der Waals surface area contributed by atoms with Crippen LogP contribution in [0.1, 0.15) is 21.5 Å². The topological polar surface area (TPSA) is 254 Å². The van der Waals surface area contributed by atoms with Crippen LogP contribution in [0.3, 0.4) is 0 Å². The number of phenolic OH excluding ortho intramolecular Hbond substituents is 4. The molecule has 2 heterocycles. The van der Waals surface area contributed by atoms with Gasteiger partial charge in [0.25, 0.3) is 0 Å². The average Bonchev–Trinajstić information content (AvgIpc) is 3.40. The number of methoxy groups -OCH3 is 2. The van der Waals surface area contributed by atoms with Crippen molar-refractivity contribution in [2.24, 2.45) is 0 Å². The summed E-state index contributed by atoms with van der Waals surface area (Å²) in [6, 6.07) is 16.6. The SMILES string of the molecule is COc1cc(O)c2c(=O)cc(-c3ccc(OC)c(-c4c(O)cc(O)c5c4CC(c4cccc(O)c4)=CC5=O)c3)oc2c1.O=C1O[C@H]([C@@H](O)CO)C(O)=C1O. The fourth-order valence-electron chi connectivity index (χ4n) is 6.21. The van der Waals surface area contributed by atoms with Crippen LogP contribution >= 0.6 is 0 Å². The monoisotopic (exact) mass is 740 g/mol. The summed E-state index contributed by atoms with van der Waals surface area (Å²) in [5, 5.41) is 77.2. The molecule has 2 atom stereocenters. The second-order valence-corrected chi connectivity index (χ2v) is 12.1. The summed E-state index contributed by atoms with van der Waals surface area (Å²) in [6.45, 7) is -0.671. The highest BCUT2D eigenvalue weighted by Gasteiger charge is 2.39. The summed E-state index contributed by atoms with van der Waals surface area (Å²) in [6.07, 6.45) is -1.22. The molecule has 8 N–H and O–H groups in total. The lowest BCUT2D eigenvalue weighted by Gasteiger charge is -2.23. The highest BCUT2D eigenvalue weighted by Crippen LogP contribution is 2.47. The molecule has 1 aromatic heterocycles. The summed E-state index contributed by atoms with van der Waals surface area (Å²) in [5.41, 5.74) is 2.32. The first-order chi connectivity index (χ1) is 25.8. The zero-order valence-electron chi connectivity index (χ0n) is 28.4. The van der Waals surface area contributed by atoms with Gasteiger partial charge < -0.3 is 59.5 Å². The smallest absolute Gasteiger partial charge is 0.377 e. The first-order valence-corrected chi connectivity index (χ1v) is 16.0. The molecule has 15 heteroatoms. The van der Waals surface area contributed by atoms with E-state index in [4.69, 9.17) is 34.3 Å². The van der Waals surface area contributed by atoms with Crippen LogP contribution in [-0.4, -0.2) is 85.6 Å². The number of carbonyl (C=O) groups is 2. The number of benzene rings is 4. The highest BCUT2D eigenvalue weighted by molar-refractivity contribution is 6.15. The van der Waals surface area contributed by atoms with Crippen LogP contribution in [0.2, 0.25) is 0 Å². The van der Waals surface area contributed by atoms with Gasteiger partial charge in [0.2, 0.25) is 5.76 Å². The van der Waals surface area contributed by atoms with E-state index in [1.165, 1.54) is 50.6 Å². The number of allylic oxidation sites excluding steroid dienone is 2. The summed E-state index contributed by atoms with van der Waals surface area (Å²) < 4.78 is 21.1. The van der Waals surface area contributed by atoms with Gasteiger partial charge in [0, 0.05) is 41.0 Å². The molecule has 4 aromatic carbocycles. The van der Waals surface area contributed by atoms with Crippen molar-refractivity contribution in [2.75, 3.05) is 20.8 Å². The Bertz CT molecular complexity index is 2460. The minimum Gasteiger partial charge on any atom is -0.508 e. The number of aliphatic hydroxyl groups is 4. The molecular weight excluding hydrogens is 708 g/mol. The third-order valence-electron chi connectivity index (χ3n) is 8.77. The number of aromatic hydroxyl groups is 4. The predicted molar refractivity (Wildman–Crippen MR) is 191 cm³/mol. The molecule has 0 amide bonds. The van der Waals surface area contributed by atoms with Gasteiger partial charge >= 0.3 is 5.97 Å². The van der Waals surface area contributed by atoms with Crippen molar-refractivity contribution in [1.29, 1.82) is 0 Å². The number of esters is 1. The number of fused-ring (bicyclic) bond motifs is 2. The Labute approximate surface area is 304 Å². The largest absolute Gasteiger partial charge is 0.508 e. The molecule has 0 saturated carbocycles. The third kappa shape index (κ3) is 6.71. The molecule has 0 saturated heterocycles. The van der Waals surface area contributed by atoms with Crippen LogP contribution in [0.25, 0.3) is 39.0 Å². The van der Waals surface area contributed by atoms with E-state index in [0.29, 0.717) is 39.3 Å². The van der Waals surface area contributed by atoms with Gasteiger partial charge in [-0.25, -0.2) is 4.79 Å². The van der Waals surface area contributed by atoms with Crippen LogP contribution in [0.5, 0.6) is 34.5 Å². The summed E-state index contributed by atoms with van der Waals surface area (Å²) >= 11 is 0. The van der Waals surface area contributed by atoms with Crippen LogP contribution in [-0.2, 0) is 16.0 Å². The normalized spacial score (nSPS) is 15.6. The fourth-order valence-corrected chi connectivity index (χ4v) is 6.21. The van der Waals surface area contributed by atoms with Crippen molar-refractivity contribution in [3.05, 3.63) is 111 Å². The standard InChI is InChI=1S/C33H24O9.C6H8O6/c1-40-20-12-24(36)33-27(39)15-29(42-30(33)13-20)17-6-7-28(41-2)21(9-17)31-22-10-18(16-4-3-5-19(34)8-16)11-23(35)32(22)26(38)14-25(31)37;7-1-2(8)5-3(9)4(10)6(11)12-5/h3-9,11-15,34,36-38H,10H2,1-2H3;2,5,7-10H,1H2/t;2-,5+/m.0/s1. The number of hydrogen-bond acceptors (Lipinski definition) is 15. The Morgan fingerprint density at radius 3 is 2.20 bits per heavy atom. The molecule has 5 aromatic rings. The summed E-state index contributed by atoms with van der Waals surface area (Å²) in [7, 11) is 2.88. The maximum absolute atomic E-state index is 13.3. The summed E-state index contributed by atoms with van der Waals surface area (Å²) in [4.78, 5) is 36.8. The van der Waals surface area contributed by atoms with Crippen molar-refractivity contribution < 1.29 is 69.1 Å². The quantitative estimate of drug-likeness (QED) is 0.108. The van der Waals surface area contributed by atoms with Crippen molar-refractivity contribution in [3.8, 4) is 56.9 Å². The molecule has 0 spiro atoms. The number of hydrogen-bond donors (Lipinski definition) is 8. The second-order valence-electron chi connectivity index (χ2n) is 12.1. The lowest BCUT2D eigenvalue weighted by molar-refractivity contribution is -0.147. The van der Waals surface area contributed by atoms with E-state index in [1.54, 1.807) is 30.3 Å². The van der Waals surface area contributed by atoms with Crippen molar-refractivity contribution in [3.63, 3.8) is 0 Å². The molecule has 0 bridgehead atoms. The molecule has 15 nitrogen and oxygen atoms in total. The second kappa shape index (κ2) is 14.6. The Kier molecular flexibility index (Phi) is 9.93. The maximum Gasteiger partial charge on any atom is 0.377 e.